The first-order chi connectivity index (χ1) is 12.7. The minimum atomic E-state index is -0.144. The Bertz CT molecular complexity index is 739. The van der Waals surface area contributed by atoms with Crippen LogP contribution in [0.25, 0.3) is 0 Å². The number of hydrogen-bond donors (Lipinski definition) is 2. The second-order valence-electron chi connectivity index (χ2n) is 5.96. The SMILES string of the molecule is Cc1csc(NN=Cc2ccc(OCC(=O)NCC3CCCO3)cc2)n1. The fourth-order valence-electron chi connectivity index (χ4n) is 2.45. The molecule has 1 fully saturated rings. The molecule has 2 heterocycles. The number of carbonyl (C=O) groups is 1. The number of amides is 1. The van der Waals surface area contributed by atoms with E-state index in [4.69, 9.17) is 9.47 Å². The van der Waals surface area contributed by atoms with Gasteiger partial charge in [0.2, 0.25) is 5.13 Å². The van der Waals surface area contributed by atoms with Gasteiger partial charge in [0.05, 0.1) is 18.0 Å². The number of aryl methyl sites for hydroxylation is 1. The molecule has 0 radical (unpaired) electrons. The fourth-order valence-corrected chi connectivity index (χ4v) is 3.09. The van der Waals surface area contributed by atoms with Gasteiger partial charge in [-0.1, -0.05) is 0 Å². The quantitative estimate of drug-likeness (QED) is 0.548. The molecule has 0 spiro atoms. The second kappa shape index (κ2) is 9.30. The minimum Gasteiger partial charge on any atom is -0.484 e. The lowest BCUT2D eigenvalue weighted by molar-refractivity contribution is -0.123. The number of nitrogens with zero attached hydrogens (tertiary/aromatic N) is 2. The summed E-state index contributed by atoms with van der Waals surface area (Å²) in [4.78, 5) is 16.1. The summed E-state index contributed by atoms with van der Waals surface area (Å²) < 4.78 is 11.0. The number of rotatable bonds is 8. The molecule has 1 saturated heterocycles. The zero-order chi connectivity index (χ0) is 18.2. The van der Waals surface area contributed by atoms with Gasteiger partial charge in [0.25, 0.3) is 5.91 Å². The number of hydrazone groups is 1. The average molecular weight is 374 g/mol. The highest BCUT2D eigenvalue weighted by Crippen LogP contribution is 2.15. The van der Waals surface area contributed by atoms with Gasteiger partial charge in [0.15, 0.2) is 6.61 Å². The summed E-state index contributed by atoms with van der Waals surface area (Å²) in [5, 5.41) is 9.69. The van der Waals surface area contributed by atoms with Crippen LogP contribution in [0.1, 0.15) is 24.1 Å². The maximum absolute atomic E-state index is 11.8. The van der Waals surface area contributed by atoms with Crippen LogP contribution in [0.3, 0.4) is 0 Å². The van der Waals surface area contributed by atoms with Crippen molar-refractivity contribution in [1.29, 1.82) is 0 Å². The number of carbonyl (C=O) groups excluding carboxylic acids is 1. The molecule has 0 aliphatic carbocycles. The third-order valence-electron chi connectivity index (χ3n) is 3.79. The van der Waals surface area contributed by atoms with Crippen LogP contribution in [0.5, 0.6) is 5.75 Å². The Kier molecular flexibility index (Phi) is 6.56. The molecule has 3 rings (SSSR count). The molecule has 26 heavy (non-hydrogen) atoms. The van der Waals surface area contributed by atoms with Gasteiger partial charge in [-0.2, -0.15) is 5.10 Å². The average Bonchev–Trinajstić information content (AvgIpc) is 3.31. The molecule has 8 heteroatoms. The van der Waals surface area contributed by atoms with Crippen molar-refractivity contribution in [2.45, 2.75) is 25.9 Å². The van der Waals surface area contributed by atoms with Crippen LogP contribution >= 0.6 is 11.3 Å². The van der Waals surface area contributed by atoms with Crippen molar-refractivity contribution in [2.75, 3.05) is 25.2 Å². The van der Waals surface area contributed by atoms with Crippen molar-refractivity contribution in [3.63, 3.8) is 0 Å². The summed E-state index contributed by atoms with van der Waals surface area (Å²) in [6, 6.07) is 7.36. The predicted molar refractivity (Wildman–Crippen MR) is 102 cm³/mol. The van der Waals surface area contributed by atoms with Crippen LogP contribution in [0, 0.1) is 6.92 Å². The third kappa shape index (κ3) is 5.82. The highest BCUT2D eigenvalue weighted by molar-refractivity contribution is 7.13. The van der Waals surface area contributed by atoms with Crippen molar-refractivity contribution < 1.29 is 14.3 Å². The number of nitrogens with one attached hydrogen (secondary N) is 2. The maximum Gasteiger partial charge on any atom is 0.258 e. The van der Waals surface area contributed by atoms with Crippen LogP contribution in [0.2, 0.25) is 0 Å². The number of hydrogen-bond acceptors (Lipinski definition) is 7. The van der Waals surface area contributed by atoms with E-state index in [-0.39, 0.29) is 18.6 Å². The molecule has 2 N–H and O–H groups in total. The Morgan fingerprint density at radius 1 is 1.46 bits per heavy atom. The summed E-state index contributed by atoms with van der Waals surface area (Å²) in [5.41, 5.74) is 4.77. The molecule has 1 atom stereocenters. The Morgan fingerprint density at radius 3 is 3.00 bits per heavy atom. The molecule has 1 aromatic carbocycles. The summed E-state index contributed by atoms with van der Waals surface area (Å²) >= 11 is 1.51. The molecular formula is C18H22N4O3S. The van der Waals surface area contributed by atoms with Gasteiger partial charge in [-0.3, -0.25) is 10.2 Å². The number of ether oxygens (including phenoxy) is 2. The largest absolute Gasteiger partial charge is 0.484 e. The van der Waals surface area contributed by atoms with E-state index in [9.17, 15) is 4.79 Å². The lowest BCUT2D eigenvalue weighted by Gasteiger charge is -2.11. The van der Waals surface area contributed by atoms with Crippen LogP contribution < -0.4 is 15.5 Å². The first-order valence-electron chi connectivity index (χ1n) is 8.51. The van der Waals surface area contributed by atoms with Gasteiger partial charge in [-0.15, -0.1) is 11.3 Å². The molecule has 2 aromatic rings. The highest BCUT2D eigenvalue weighted by Gasteiger charge is 2.16. The van der Waals surface area contributed by atoms with E-state index in [2.05, 4.69) is 20.8 Å². The molecule has 138 valence electrons. The predicted octanol–water partition coefficient (Wildman–Crippen LogP) is 2.57. The maximum atomic E-state index is 11.8. The topological polar surface area (TPSA) is 84.8 Å². The zero-order valence-electron chi connectivity index (χ0n) is 14.6. The standard InChI is InChI=1S/C18H22N4O3S/c1-13-12-26-18(21-13)22-20-9-14-4-6-15(7-5-14)25-11-17(23)19-10-16-3-2-8-24-16/h4-7,9,12,16H,2-3,8,10-11H2,1H3,(H,19,23)(H,21,22). The van der Waals surface area contributed by atoms with Crippen LogP contribution in [0.4, 0.5) is 5.13 Å². The van der Waals surface area contributed by atoms with Gasteiger partial charge in [-0.25, -0.2) is 4.98 Å². The van der Waals surface area contributed by atoms with Crippen LogP contribution in [0.15, 0.2) is 34.7 Å². The summed E-state index contributed by atoms with van der Waals surface area (Å²) in [6.45, 7) is 3.26. The highest BCUT2D eigenvalue weighted by atomic mass is 32.1. The molecule has 0 saturated carbocycles. The van der Waals surface area contributed by atoms with Gasteiger partial charge < -0.3 is 14.8 Å². The number of thiazole rings is 1. The van der Waals surface area contributed by atoms with Crippen LogP contribution in [-0.2, 0) is 9.53 Å². The van der Waals surface area contributed by atoms with Gasteiger partial charge in [0.1, 0.15) is 5.75 Å². The Morgan fingerprint density at radius 2 is 2.31 bits per heavy atom. The Balaban J connectivity index is 1.38. The van der Waals surface area contributed by atoms with E-state index in [1.54, 1.807) is 6.21 Å². The minimum absolute atomic E-state index is 0.00882. The molecule has 1 aliphatic heterocycles. The molecule has 1 aromatic heterocycles. The van der Waals surface area contributed by atoms with Gasteiger partial charge in [-0.05, 0) is 49.6 Å². The van der Waals surface area contributed by atoms with Crippen molar-refractivity contribution in [2.24, 2.45) is 5.10 Å². The lowest BCUT2D eigenvalue weighted by Crippen LogP contribution is -2.35. The van der Waals surface area contributed by atoms with E-state index in [0.29, 0.717) is 12.3 Å². The van der Waals surface area contributed by atoms with Crippen molar-refractivity contribution in [3.05, 3.63) is 40.9 Å². The molecular weight excluding hydrogens is 352 g/mol. The molecule has 1 aliphatic rings. The van der Waals surface area contributed by atoms with Gasteiger partial charge in [0, 0.05) is 18.5 Å². The van der Waals surface area contributed by atoms with E-state index in [0.717, 1.165) is 35.8 Å². The summed E-state index contributed by atoms with van der Waals surface area (Å²) in [6.07, 6.45) is 3.90. The van der Waals surface area contributed by atoms with Gasteiger partial charge >= 0.3 is 0 Å². The molecule has 0 bridgehead atoms. The van der Waals surface area contributed by atoms with E-state index < -0.39 is 0 Å². The van der Waals surface area contributed by atoms with Crippen molar-refractivity contribution in [1.82, 2.24) is 10.3 Å². The van der Waals surface area contributed by atoms with E-state index in [1.807, 2.05) is 36.6 Å². The zero-order valence-corrected chi connectivity index (χ0v) is 15.4. The first kappa shape index (κ1) is 18.3. The number of aromatic nitrogens is 1. The molecule has 7 nitrogen and oxygen atoms in total. The van der Waals surface area contributed by atoms with Crippen LogP contribution in [-0.4, -0.2) is 43.0 Å². The van der Waals surface area contributed by atoms with Crippen molar-refractivity contribution >= 4 is 28.6 Å². The smallest absolute Gasteiger partial charge is 0.258 e. The molecule has 1 unspecified atom stereocenters. The first-order valence-corrected chi connectivity index (χ1v) is 9.39. The lowest BCUT2D eigenvalue weighted by atomic mass is 10.2. The monoisotopic (exact) mass is 374 g/mol. The number of anilines is 1. The summed E-state index contributed by atoms with van der Waals surface area (Å²) in [5.74, 6) is 0.493. The molecule has 1 amide bonds. The van der Waals surface area contributed by atoms with E-state index >= 15 is 0 Å². The normalized spacial score (nSPS) is 16.7. The number of benzene rings is 1. The van der Waals surface area contributed by atoms with Crippen molar-refractivity contribution in [3.8, 4) is 5.75 Å². The second-order valence-corrected chi connectivity index (χ2v) is 6.82. The van der Waals surface area contributed by atoms with E-state index in [1.165, 1.54) is 11.3 Å². The third-order valence-corrected chi connectivity index (χ3v) is 4.66. The fraction of sp³-hybridized carbons (Fsp3) is 0.389. The summed E-state index contributed by atoms with van der Waals surface area (Å²) in [7, 11) is 0. The Labute approximate surface area is 156 Å². The Hall–Kier alpha value is -2.45.